The number of rotatable bonds is 5. The fraction of sp³-hybridized carbons (Fsp3) is 0.455. The third kappa shape index (κ3) is 4.09. The highest BCUT2D eigenvalue weighted by Crippen LogP contribution is 2.23. The fourth-order valence-corrected chi connectivity index (χ4v) is 1.48. The zero-order chi connectivity index (χ0) is 13.1. The number of pyridine rings is 1. The molecule has 6 heteroatoms. The molecular formula is C11H15ClN2O2S. The molecule has 0 fully saturated rings. The quantitative estimate of drug-likeness (QED) is 0.808. The second kappa shape index (κ2) is 5.60. The number of halogens is 1. The monoisotopic (exact) mass is 274 g/mol. The lowest BCUT2D eigenvalue weighted by Crippen LogP contribution is -2.27. The second-order valence-corrected chi connectivity index (χ2v) is 6.05. The zero-order valence-corrected chi connectivity index (χ0v) is 11.5. The molecule has 1 rings (SSSR count). The van der Waals surface area contributed by atoms with E-state index in [4.69, 9.17) is 16.7 Å². The highest BCUT2D eigenvalue weighted by Gasteiger charge is 2.18. The minimum Gasteiger partial charge on any atom is -0.478 e. The van der Waals surface area contributed by atoms with Gasteiger partial charge >= 0.3 is 5.97 Å². The molecule has 0 bridgehead atoms. The number of hydrogen-bond donors (Lipinski definition) is 2. The number of nitrogens with zero attached hydrogens (tertiary/aromatic N) is 1. The molecule has 0 aromatic carbocycles. The van der Waals surface area contributed by atoms with Gasteiger partial charge < -0.3 is 10.4 Å². The first kappa shape index (κ1) is 14.1. The van der Waals surface area contributed by atoms with Crippen LogP contribution < -0.4 is 5.32 Å². The summed E-state index contributed by atoms with van der Waals surface area (Å²) in [5.41, 5.74) is 0.131. The zero-order valence-electron chi connectivity index (χ0n) is 9.95. The van der Waals surface area contributed by atoms with Gasteiger partial charge in [0, 0.05) is 11.3 Å². The third-order valence-corrected chi connectivity index (χ3v) is 3.79. The standard InChI is InChI=1S/C11H15ClN2O2S/c1-11(2,17-3)6-13-9-7(10(15)16)4-5-8(12)14-9/h4-5H,6H2,1-3H3,(H,13,14)(H,15,16). The third-order valence-electron chi connectivity index (χ3n) is 2.33. The Morgan fingerprint density at radius 3 is 2.76 bits per heavy atom. The molecule has 17 heavy (non-hydrogen) atoms. The summed E-state index contributed by atoms with van der Waals surface area (Å²) in [6.07, 6.45) is 2.01. The molecule has 94 valence electrons. The van der Waals surface area contributed by atoms with Gasteiger partial charge in [0.05, 0.1) is 0 Å². The lowest BCUT2D eigenvalue weighted by atomic mass is 10.2. The molecule has 1 heterocycles. The molecule has 0 saturated heterocycles. The maximum Gasteiger partial charge on any atom is 0.339 e. The van der Waals surface area contributed by atoms with Crippen molar-refractivity contribution in [3.05, 3.63) is 22.8 Å². The van der Waals surface area contributed by atoms with Crippen molar-refractivity contribution in [2.75, 3.05) is 18.1 Å². The van der Waals surface area contributed by atoms with Crippen LogP contribution in [0.1, 0.15) is 24.2 Å². The Bertz CT molecular complexity index is 424. The van der Waals surface area contributed by atoms with Crippen molar-refractivity contribution in [2.24, 2.45) is 0 Å². The summed E-state index contributed by atoms with van der Waals surface area (Å²) in [7, 11) is 0. The van der Waals surface area contributed by atoms with Crippen LogP contribution in [-0.2, 0) is 0 Å². The van der Waals surface area contributed by atoms with E-state index in [1.807, 2.05) is 6.26 Å². The van der Waals surface area contributed by atoms with Crippen LogP contribution in [-0.4, -0.2) is 33.6 Å². The molecular weight excluding hydrogens is 260 g/mol. The number of carbonyl (C=O) groups is 1. The summed E-state index contributed by atoms with van der Waals surface area (Å²) in [6, 6.07) is 2.92. The minimum atomic E-state index is -1.02. The van der Waals surface area contributed by atoms with E-state index < -0.39 is 5.97 Å². The van der Waals surface area contributed by atoms with E-state index in [1.165, 1.54) is 12.1 Å². The SMILES string of the molecule is CSC(C)(C)CNc1nc(Cl)ccc1C(=O)O. The van der Waals surface area contributed by atoms with Crippen molar-refractivity contribution in [1.29, 1.82) is 0 Å². The van der Waals surface area contributed by atoms with E-state index in [0.717, 1.165) is 0 Å². The van der Waals surface area contributed by atoms with Crippen LogP contribution in [0.25, 0.3) is 0 Å². The molecule has 0 aliphatic heterocycles. The summed E-state index contributed by atoms with van der Waals surface area (Å²) in [6.45, 7) is 4.74. The maximum atomic E-state index is 11.0. The van der Waals surface area contributed by atoms with E-state index in [0.29, 0.717) is 12.4 Å². The van der Waals surface area contributed by atoms with Gasteiger partial charge in [-0.1, -0.05) is 11.6 Å². The van der Waals surface area contributed by atoms with Crippen molar-refractivity contribution >= 4 is 35.1 Å². The largest absolute Gasteiger partial charge is 0.478 e. The van der Waals surface area contributed by atoms with E-state index in [2.05, 4.69) is 24.1 Å². The van der Waals surface area contributed by atoms with Crippen molar-refractivity contribution in [1.82, 2.24) is 4.98 Å². The molecule has 0 saturated carbocycles. The van der Waals surface area contributed by atoms with Gasteiger partial charge in [-0.15, -0.1) is 0 Å². The lowest BCUT2D eigenvalue weighted by molar-refractivity contribution is 0.0697. The van der Waals surface area contributed by atoms with Crippen molar-refractivity contribution in [3.8, 4) is 0 Å². The highest BCUT2D eigenvalue weighted by molar-refractivity contribution is 7.99. The Labute approximate surface area is 110 Å². The number of nitrogens with one attached hydrogen (secondary N) is 1. The van der Waals surface area contributed by atoms with Gasteiger partial charge in [0.15, 0.2) is 0 Å². The Kier molecular flexibility index (Phi) is 4.65. The molecule has 0 atom stereocenters. The lowest BCUT2D eigenvalue weighted by Gasteiger charge is -2.23. The molecule has 1 aromatic rings. The minimum absolute atomic E-state index is 0.000227. The maximum absolute atomic E-state index is 11.0. The summed E-state index contributed by atoms with van der Waals surface area (Å²) in [5.74, 6) is -0.703. The van der Waals surface area contributed by atoms with Gasteiger partial charge in [-0.2, -0.15) is 11.8 Å². The number of aromatic nitrogens is 1. The van der Waals surface area contributed by atoms with Crippen LogP contribution in [0.4, 0.5) is 5.82 Å². The summed E-state index contributed by atoms with van der Waals surface area (Å²) >= 11 is 7.45. The molecule has 0 spiro atoms. The van der Waals surface area contributed by atoms with Gasteiger partial charge in [-0.3, -0.25) is 0 Å². The van der Waals surface area contributed by atoms with Crippen LogP contribution in [0.5, 0.6) is 0 Å². The van der Waals surface area contributed by atoms with Crippen molar-refractivity contribution < 1.29 is 9.90 Å². The Balaban J connectivity index is 2.89. The molecule has 0 amide bonds. The number of thioether (sulfide) groups is 1. The van der Waals surface area contributed by atoms with Crippen LogP contribution >= 0.6 is 23.4 Å². The normalized spacial score (nSPS) is 11.3. The highest BCUT2D eigenvalue weighted by atomic mass is 35.5. The van der Waals surface area contributed by atoms with Crippen LogP contribution in [0, 0.1) is 0 Å². The first-order valence-corrected chi connectivity index (χ1v) is 6.65. The number of aromatic carboxylic acids is 1. The molecule has 0 aliphatic rings. The number of hydrogen-bond acceptors (Lipinski definition) is 4. The van der Waals surface area contributed by atoms with Gasteiger partial charge in [-0.05, 0) is 32.2 Å². The van der Waals surface area contributed by atoms with Gasteiger partial charge in [0.1, 0.15) is 16.5 Å². The number of anilines is 1. The number of carboxylic acid groups (broad SMARTS) is 1. The molecule has 0 unspecified atom stereocenters. The summed E-state index contributed by atoms with van der Waals surface area (Å²) in [5, 5.41) is 12.3. The summed E-state index contributed by atoms with van der Waals surface area (Å²) in [4.78, 5) is 15.0. The van der Waals surface area contributed by atoms with Gasteiger partial charge in [0.25, 0.3) is 0 Å². The van der Waals surface area contributed by atoms with Gasteiger partial charge in [-0.25, -0.2) is 9.78 Å². The van der Waals surface area contributed by atoms with Crippen LogP contribution in [0.3, 0.4) is 0 Å². The molecule has 1 aromatic heterocycles. The van der Waals surface area contributed by atoms with E-state index in [1.54, 1.807) is 11.8 Å². The average Bonchev–Trinajstić information content (AvgIpc) is 2.26. The molecule has 0 radical (unpaired) electrons. The van der Waals surface area contributed by atoms with Crippen LogP contribution in [0.15, 0.2) is 12.1 Å². The predicted molar refractivity (Wildman–Crippen MR) is 72.3 cm³/mol. The Morgan fingerprint density at radius 1 is 1.59 bits per heavy atom. The van der Waals surface area contributed by atoms with Crippen LogP contribution in [0.2, 0.25) is 5.15 Å². The molecule has 2 N–H and O–H groups in total. The van der Waals surface area contributed by atoms with E-state index in [-0.39, 0.29) is 15.5 Å². The number of carboxylic acids is 1. The van der Waals surface area contributed by atoms with E-state index in [9.17, 15) is 4.79 Å². The second-order valence-electron chi connectivity index (χ2n) is 4.15. The molecule has 0 aliphatic carbocycles. The van der Waals surface area contributed by atoms with Crippen molar-refractivity contribution in [3.63, 3.8) is 0 Å². The topological polar surface area (TPSA) is 62.2 Å². The Hall–Kier alpha value is -0.940. The smallest absolute Gasteiger partial charge is 0.339 e. The van der Waals surface area contributed by atoms with Gasteiger partial charge in [0.2, 0.25) is 0 Å². The first-order valence-electron chi connectivity index (χ1n) is 5.04. The molecule has 4 nitrogen and oxygen atoms in total. The van der Waals surface area contributed by atoms with Crippen molar-refractivity contribution in [2.45, 2.75) is 18.6 Å². The summed E-state index contributed by atoms with van der Waals surface area (Å²) < 4.78 is -0.000227. The Morgan fingerprint density at radius 2 is 2.24 bits per heavy atom. The first-order chi connectivity index (χ1) is 7.85. The van der Waals surface area contributed by atoms with E-state index >= 15 is 0 Å². The predicted octanol–water partition coefficient (Wildman–Crippen LogP) is 2.99. The fourth-order valence-electron chi connectivity index (χ4n) is 1.11. The average molecular weight is 275 g/mol.